The van der Waals surface area contributed by atoms with Crippen LogP contribution in [0.3, 0.4) is 0 Å². The molecular formula is C28H24N2O5. The van der Waals surface area contributed by atoms with Gasteiger partial charge >= 0.3 is 0 Å². The maximum absolute atomic E-state index is 12.8. The number of Topliss-reactive ketones (excluding diaryl/α,β-unsaturated/α-hetero) is 2. The van der Waals surface area contributed by atoms with Crippen molar-refractivity contribution in [3.05, 3.63) is 109 Å². The van der Waals surface area contributed by atoms with Gasteiger partial charge in [0.25, 0.3) is 0 Å². The Labute approximate surface area is 203 Å². The van der Waals surface area contributed by atoms with Crippen LogP contribution in [0.4, 0.5) is 0 Å². The maximum Gasteiger partial charge on any atom is 0.170 e. The number of ketones is 2. The Bertz CT molecular complexity index is 1180. The highest BCUT2D eigenvalue weighted by Crippen LogP contribution is 2.33. The molecule has 4 heterocycles. The van der Waals surface area contributed by atoms with E-state index in [-0.39, 0.29) is 36.5 Å². The summed E-state index contributed by atoms with van der Waals surface area (Å²) in [6.45, 7) is 0. The normalized spacial score (nSPS) is 26.7. The van der Waals surface area contributed by atoms with E-state index >= 15 is 0 Å². The van der Waals surface area contributed by atoms with Crippen molar-refractivity contribution in [3.8, 4) is 11.5 Å². The molecule has 4 aliphatic heterocycles. The van der Waals surface area contributed by atoms with Gasteiger partial charge in [-0.05, 0) is 36.4 Å². The molecule has 0 aromatic heterocycles. The zero-order chi connectivity index (χ0) is 23.8. The average Bonchev–Trinajstić information content (AvgIpc) is 2.89. The maximum atomic E-state index is 12.8. The molecule has 0 N–H and O–H groups in total. The fourth-order valence-electron chi connectivity index (χ4n) is 4.82. The molecule has 6 rings (SSSR count). The molecule has 7 nitrogen and oxygen atoms in total. The number of benzene rings is 2. The van der Waals surface area contributed by atoms with Crippen molar-refractivity contribution in [1.82, 2.24) is 10.1 Å². The first kappa shape index (κ1) is 21.4. The first-order valence-electron chi connectivity index (χ1n) is 11.7. The average molecular weight is 469 g/mol. The van der Waals surface area contributed by atoms with Gasteiger partial charge in [-0.25, -0.2) is 10.1 Å². The van der Waals surface area contributed by atoms with Gasteiger partial charge in [-0.15, -0.1) is 0 Å². The van der Waals surface area contributed by atoms with E-state index < -0.39 is 12.2 Å². The lowest BCUT2D eigenvalue weighted by molar-refractivity contribution is -0.312. The van der Waals surface area contributed by atoms with Gasteiger partial charge in [0, 0.05) is 12.4 Å². The SMILES string of the molecule is O=C1CC(C2C=CC=CN2ON2C=CC=CC2C2CC(=O)c3ccccc3O2)Oc2ccccc21. The third-order valence-electron chi connectivity index (χ3n) is 6.55. The first-order chi connectivity index (χ1) is 17.2. The number of hydrogen-bond acceptors (Lipinski definition) is 7. The van der Waals surface area contributed by atoms with Crippen LogP contribution in [0.15, 0.2) is 97.4 Å². The third-order valence-corrected chi connectivity index (χ3v) is 6.55. The quantitative estimate of drug-likeness (QED) is 0.659. The molecule has 35 heavy (non-hydrogen) atoms. The highest BCUT2D eigenvalue weighted by molar-refractivity contribution is 6.00. The van der Waals surface area contributed by atoms with E-state index in [0.29, 0.717) is 22.6 Å². The van der Waals surface area contributed by atoms with Crippen LogP contribution in [-0.2, 0) is 4.94 Å². The largest absolute Gasteiger partial charge is 0.487 e. The second kappa shape index (κ2) is 8.92. The zero-order valence-corrected chi connectivity index (χ0v) is 18.9. The molecule has 4 unspecified atom stereocenters. The standard InChI is InChI=1S/C28H24N2O5/c31-23-17-27(33-25-13-3-1-9-19(23)25)21-11-5-7-15-29(21)35-30-16-8-6-12-22(30)28-18-24(32)20-10-2-4-14-26(20)34-28/h1-16,21-22,27-28H,17-18H2. The van der Waals surface area contributed by atoms with Gasteiger partial charge in [0.2, 0.25) is 0 Å². The summed E-state index contributed by atoms with van der Waals surface area (Å²) in [5, 5.41) is 3.36. The second-order valence-corrected chi connectivity index (χ2v) is 8.79. The third kappa shape index (κ3) is 4.04. The van der Waals surface area contributed by atoms with E-state index in [1.807, 2.05) is 85.3 Å². The molecule has 0 saturated carbocycles. The van der Waals surface area contributed by atoms with Crippen molar-refractivity contribution in [2.24, 2.45) is 0 Å². The van der Waals surface area contributed by atoms with Crippen LogP contribution in [-0.4, -0.2) is 46.0 Å². The van der Waals surface area contributed by atoms with Gasteiger partial charge in [-0.2, -0.15) is 4.94 Å². The van der Waals surface area contributed by atoms with Gasteiger partial charge in [0.1, 0.15) is 35.8 Å². The Morgan fingerprint density at radius 2 is 1.11 bits per heavy atom. The van der Waals surface area contributed by atoms with Crippen molar-refractivity contribution in [2.75, 3.05) is 0 Å². The van der Waals surface area contributed by atoms with Crippen molar-refractivity contribution in [3.63, 3.8) is 0 Å². The van der Waals surface area contributed by atoms with E-state index in [1.165, 1.54) is 0 Å². The Balaban J connectivity index is 1.21. The lowest BCUT2D eigenvalue weighted by Gasteiger charge is -2.42. The van der Waals surface area contributed by atoms with Gasteiger partial charge in [0.05, 0.1) is 24.0 Å². The number of nitrogens with zero attached hydrogens (tertiary/aromatic N) is 2. The van der Waals surface area contributed by atoms with E-state index in [9.17, 15) is 9.59 Å². The van der Waals surface area contributed by atoms with Crippen LogP contribution in [0.25, 0.3) is 0 Å². The summed E-state index contributed by atoms with van der Waals surface area (Å²) in [6.07, 6.45) is 14.8. The predicted octanol–water partition coefficient (Wildman–Crippen LogP) is 4.41. The van der Waals surface area contributed by atoms with Crippen LogP contribution < -0.4 is 9.47 Å². The Kier molecular flexibility index (Phi) is 5.47. The van der Waals surface area contributed by atoms with E-state index in [4.69, 9.17) is 14.4 Å². The summed E-state index contributed by atoms with van der Waals surface area (Å²) >= 11 is 0. The Morgan fingerprint density at radius 1 is 0.657 bits per heavy atom. The van der Waals surface area contributed by atoms with Crippen molar-refractivity contribution >= 4 is 11.6 Å². The molecule has 2 aromatic rings. The zero-order valence-electron chi connectivity index (χ0n) is 18.9. The number of allylic oxidation sites excluding steroid dienone is 4. The minimum Gasteiger partial charge on any atom is -0.487 e. The van der Waals surface area contributed by atoms with E-state index in [1.54, 1.807) is 22.3 Å². The van der Waals surface area contributed by atoms with Crippen LogP contribution in [0.1, 0.15) is 33.6 Å². The van der Waals surface area contributed by atoms with Crippen LogP contribution in [0.2, 0.25) is 0 Å². The lowest BCUT2D eigenvalue weighted by Crippen LogP contribution is -2.52. The van der Waals surface area contributed by atoms with Crippen LogP contribution in [0, 0.1) is 0 Å². The molecule has 0 radical (unpaired) electrons. The van der Waals surface area contributed by atoms with E-state index in [0.717, 1.165) is 0 Å². The Morgan fingerprint density at radius 3 is 1.60 bits per heavy atom. The molecule has 0 bridgehead atoms. The van der Waals surface area contributed by atoms with Crippen molar-refractivity contribution in [2.45, 2.75) is 37.1 Å². The Hall–Kier alpha value is -4.10. The summed E-state index contributed by atoms with van der Waals surface area (Å²) in [5.74, 6) is 1.27. The lowest BCUT2D eigenvalue weighted by atomic mass is 9.95. The predicted molar refractivity (Wildman–Crippen MR) is 129 cm³/mol. The number of hydrogen-bond donors (Lipinski definition) is 0. The molecule has 4 aliphatic rings. The highest BCUT2D eigenvalue weighted by Gasteiger charge is 2.38. The topological polar surface area (TPSA) is 68.3 Å². The van der Waals surface area contributed by atoms with Gasteiger partial charge < -0.3 is 9.47 Å². The molecule has 2 aromatic carbocycles. The smallest absolute Gasteiger partial charge is 0.170 e. The number of hydroxylamine groups is 4. The summed E-state index contributed by atoms with van der Waals surface area (Å²) in [6, 6.07) is 14.0. The number of fused-ring (bicyclic) bond motifs is 2. The molecule has 0 spiro atoms. The molecule has 7 heteroatoms. The summed E-state index contributed by atoms with van der Waals surface area (Å²) in [7, 11) is 0. The van der Waals surface area contributed by atoms with Gasteiger partial charge in [0.15, 0.2) is 11.6 Å². The number of ether oxygens (including phenoxy) is 2. The molecule has 0 saturated heterocycles. The number of carbonyl (C=O) groups excluding carboxylic acids is 2. The van der Waals surface area contributed by atoms with Crippen LogP contribution in [0.5, 0.6) is 11.5 Å². The molecule has 176 valence electrons. The number of carbonyl (C=O) groups is 2. The fraction of sp³-hybridized carbons (Fsp3) is 0.214. The fourth-order valence-corrected chi connectivity index (χ4v) is 4.82. The molecular weight excluding hydrogens is 444 g/mol. The second-order valence-electron chi connectivity index (χ2n) is 8.79. The van der Waals surface area contributed by atoms with E-state index in [2.05, 4.69) is 0 Å². The summed E-state index contributed by atoms with van der Waals surface area (Å²) < 4.78 is 12.4. The summed E-state index contributed by atoms with van der Waals surface area (Å²) in [5.41, 5.74) is 1.21. The van der Waals surface area contributed by atoms with Crippen molar-refractivity contribution < 1.29 is 24.0 Å². The van der Waals surface area contributed by atoms with Crippen molar-refractivity contribution in [1.29, 1.82) is 0 Å². The van der Waals surface area contributed by atoms with Gasteiger partial charge in [-0.1, -0.05) is 48.6 Å². The number of para-hydroxylation sites is 2. The minimum absolute atomic E-state index is 0.0474. The molecule has 0 amide bonds. The summed E-state index contributed by atoms with van der Waals surface area (Å²) in [4.78, 5) is 31.8. The highest BCUT2D eigenvalue weighted by atomic mass is 16.8. The molecule has 4 atom stereocenters. The van der Waals surface area contributed by atoms with Crippen LogP contribution >= 0.6 is 0 Å². The minimum atomic E-state index is -0.416. The number of rotatable bonds is 4. The first-order valence-corrected chi connectivity index (χ1v) is 11.7. The molecule has 0 aliphatic carbocycles. The molecule has 0 fully saturated rings. The monoisotopic (exact) mass is 468 g/mol. The van der Waals surface area contributed by atoms with Gasteiger partial charge in [-0.3, -0.25) is 9.59 Å².